The van der Waals surface area contributed by atoms with Gasteiger partial charge in [-0.2, -0.15) is 0 Å². The summed E-state index contributed by atoms with van der Waals surface area (Å²) >= 11 is 0. The van der Waals surface area contributed by atoms with E-state index in [0.29, 0.717) is 0 Å². The first-order chi connectivity index (χ1) is 12.4. The van der Waals surface area contributed by atoms with Gasteiger partial charge in [-0.05, 0) is 31.9 Å². The molecule has 0 unspecified atom stereocenters. The van der Waals surface area contributed by atoms with E-state index in [-0.39, 0.29) is 18.1 Å². The third-order valence-electron chi connectivity index (χ3n) is 4.57. The number of amides is 1. The molecule has 0 spiro atoms. The Kier molecular flexibility index (Phi) is 5.62. The summed E-state index contributed by atoms with van der Waals surface area (Å²) in [6.07, 6.45) is -0.343. The standard InChI is InChI=1S/C22H28N2O2/c1-22(2,3)26-21(25)23-20-16-24(14-17-10-6-4-7-11-17)15-19(20)18-12-8-5-9-13-18/h4-13,19-20H,14-16H2,1-3H3,(H,23,25)/t19-,20+/m1/s1. The van der Waals surface area contributed by atoms with Gasteiger partial charge in [0.25, 0.3) is 0 Å². The summed E-state index contributed by atoms with van der Waals surface area (Å²) in [5.41, 5.74) is 2.05. The van der Waals surface area contributed by atoms with Crippen LogP contribution in [-0.4, -0.2) is 35.7 Å². The number of hydrogen-bond donors (Lipinski definition) is 1. The summed E-state index contributed by atoms with van der Waals surface area (Å²) in [6, 6.07) is 20.9. The van der Waals surface area contributed by atoms with Gasteiger partial charge in [0.05, 0.1) is 6.04 Å². The van der Waals surface area contributed by atoms with Crippen molar-refractivity contribution in [2.24, 2.45) is 0 Å². The quantitative estimate of drug-likeness (QED) is 0.897. The number of likely N-dealkylation sites (tertiary alicyclic amines) is 1. The van der Waals surface area contributed by atoms with Gasteiger partial charge in [-0.1, -0.05) is 60.7 Å². The Morgan fingerprint density at radius 3 is 2.27 bits per heavy atom. The van der Waals surface area contributed by atoms with Gasteiger partial charge in [-0.25, -0.2) is 4.79 Å². The van der Waals surface area contributed by atoms with Crippen LogP contribution in [0, 0.1) is 0 Å². The molecule has 0 aliphatic carbocycles. The molecular formula is C22H28N2O2. The first-order valence-corrected chi connectivity index (χ1v) is 9.21. The molecule has 1 aliphatic heterocycles. The number of benzene rings is 2. The number of nitrogens with one attached hydrogen (secondary N) is 1. The second kappa shape index (κ2) is 7.92. The van der Waals surface area contributed by atoms with Crippen molar-refractivity contribution in [1.82, 2.24) is 10.2 Å². The zero-order valence-corrected chi connectivity index (χ0v) is 15.8. The monoisotopic (exact) mass is 352 g/mol. The summed E-state index contributed by atoms with van der Waals surface area (Å²) in [5, 5.41) is 3.10. The smallest absolute Gasteiger partial charge is 0.407 e. The molecule has 26 heavy (non-hydrogen) atoms. The van der Waals surface area contributed by atoms with E-state index in [1.807, 2.05) is 32.9 Å². The molecule has 2 aromatic carbocycles. The Labute approximate surface area is 156 Å². The average Bonchev–Trinajstić information content (AvgIpc) is 2.97. The highest BCUT2D eigenvalue weighted by atomic mass is 16.6. The Bertz CT molecular complexity index is 710. The topological polar surface area (TPSA) is 41.6 Å². The summed E-state index contributed by atoms with van der Waals surface area (Å²) < 4.78 is 5.47. The third kappa shape index (κ3) is 5.09. The number of carbonyl (C=O) groups excluding carboxylic acids is 1. The summed E-state index contributed by atoms with van der Waals surface area (Å²) in [6.45, 7) is 8.27. The van der Waals surface area contributed by atoms with Crippen molar-refractivity contribution in [3.05, 3.63) is 71.8 Å². The van der Waals surface area contributed by atoms with Crippen molar-refractivity contribution >= 4 is 6.09 Å². The van der Waals surface area contributed by atoms with Crippen LogP contribution in [0.4, 0.5) is 4.79 Å². The van der Waals surface area contributed by atoms with Crippen molar-refractivity contribution in [2.45, 2.75) is 44.9 Å². The normalized spacial score (nSPS) is 20.7. The molecule has 2 atom stereocenters. The van der Waals surface area contributed by atoms with Gasteiger partial charge in [0.15, 0.2) is 0 Å². The molecule has 1 heterocycles. The van der Waals surface area contributed by atoms with E-state index in [4.69, 9.17) is 4.74 Å². The molecule has 138 valence electrons. The fraction of sp³-hybridized carbons (Fsp3) is 0.409. The molecule has 0 aromatic heterocycles. The van der Waals surface area contributed by atoms with Gasteiger partial charge < -0.3 is 10.1 Å². The van der Waals surface area contributed by atoms with Crippen molar-refractivity contribution in [1.29, 1.82) is 0 Å². The maximum absolute atomic E-state index is 12.3. The van der Waals surface area contributed by atoms with Gasteiger partial charge in [-0.3, -0.25) is 4.90 Å². The van der Waals surface area contributed by atoms with Crippen molar-refractivity contribution < 1.29 is 9.53 Å². The van der Waals surface area contributed by atoms with E-state index in [2.05, 4.69) is 58.7 Å². The Morgan fingerprint density at radius 2 is 1.65 bits per heavy atom. The van der Waals surface area contributed by atoms with Crippen LogP contribution in [0.25, 0.3) is 0 Å². The summed E-state index contributed by atoms with van der Waals surface area (Å²) in [5.74, 6) is 0.257. The Morgan fingerprint density at radius 1 is 1.04 bits per heavy atom. The molecule has 3 rings (SSSR count). The molecule has 4 heteroatoms. The summed E-state index contributed by atoms with van der Waals surface area (Å²) in [7, 11) is 0. The first-order valence-electron chi connectivity index (χ1n) is 9.21. The van der Waals surface area contributed by atoms with Gasteiger partial charge >= 0.3 is 6.09 Å². The lowest BCUT2D eigenvalue weighted by atomic mass is 9.94. The number of hydrogen-bond acceptors (Lipinski definition) is 3. The number of ether oxygens (including phenoxy) is 1. The molecule has 0 bridgehead atoms. The Hall–Kier alpha value is -2.33. The van der Waals surface area contributed by atoms with E-state index < -0.39 is 5.60 Å². The predicted molar refractivity (Wildman–Crippen MR) is 104 cm³/mol. The Balaban J connectivity index is 1.72. The second-order valence-electron chi connectivity index (χ2n) is 7.95. The zero-order valence-electron chi connectivity index (χ0n) is 15.8. The van der Waals surface area contributed by atoms with E-state index in [0.717, 1.165) is 19.6 Å². The second-order valence-corrected chi connectivity index (χ2v) is 7.95. The van der Waals surface area contributed by atoms with Crippen molar-refractivity contribution in [2.75, 3.05) is 13.1 Å². The molecule has 4 nitrogen and oxygen atoms in total. The van der Waals surface area contributed by atoms with Crippen LogP contribution in [0.3, 0.4) is 0 Å². The van der Waals surface area contributed by atoms with Crippen LogP contribution in [0.5, 0.6) is 0 Å². The molecule has 0 radical (unpaired) electrons. The minimum atomic E-state index is -0.491. The SMILES string of the molecule is CC(C)(C)OC(=O)N[C@H]1CN(Cc2ccccc2)C[C@@H]1c1ccccc1. The van der Waals surface area contributed by atoms with E-state index in [1.54, 1.807) is 0 Å². The number of alkyl carbamates (subject to hydrolysis) is 1. The van der Waals surface area contributed by atoms with E-state index in [1.165, 1.54) is 11.1 Å². The lowest BCUT2D eigenvalue weighted by molar-refractivity contribution is 0.0502. The molecule has 1 amide bonds. The molecular weight excluding hydrogens is 324 g/mol. The largest absolute Gasteiger partial charge is 0.444 e. The lowest BCUT2D eigenvalue weighted by Crippen LogP contribution is -2.42. The van der Waals surface area contributed by atoms with Gasteiger partial charge in [0.1, 0.15) is 5.60 Å². The first kappa shape index (κ1) is 18.5. The maximum Gasteiger partial charge on any atom is 0.407 e. The predicted octanol–water partition coefficient (Wildman–Crippen LogP) is 4.18. The highest BCUT2D eigenvalue weighted by Crippen LogP contribution is 2.29. The minimum absolute atomic E-state index is 0.0379. The van der Waals surface area contributed by atoms with E-state index in [9.17, 15) is 4.79 Å². The van der Waals surface area contributed by atoms with Gasteiger partial charge in [0, 0.05) is 25.6 Å². The highest BCUT2D eigenvalue weighted by molar-refractivity contribution is 5.68. The van der Waals surface area contributed by atoms with E-state index >= 15 is 0 Å². The van der Waals surface area contributed by atoms with Crippen molar-refractivity contribution in [3.63, 3.8) is 0 Å². The maximum atomic E-state index is 12.3. The fourth-order valence-electron chi connectivity index (χ4n) is 3.50. The third-order valence-corrected chi connectivity index (χ3v) is 4.57. The number of nitrogens with zero attached hydrogens (tertiary/aromatic N) is 1. The van der Waals surface area contributed by atoms with Crippen LogP contribution in [-0.2, 0) is 11.3 Å². The van der Waals surface area contributed by atoms with Crippen molar-refractivity contribution in [3.8, 4) is 0 Å². The minimum Gasteiger partial charge on any atom is -0.444 e. The zero-order chi connectivity index (χ0) is 18.6. The number of carbonyl (C=O) groups is 1. The van der Waals surface area contributed by atoms with Crippen LogP contribution in [0.15, 0.2) is 60.7 Å². The molecule has 0 saturated carbocycles. The molecule has 1 fully saturated rings. The van der Waals surface area contributed by atoms with Crippen LogP contribution < -0.4 is 5.32 Å². The lowest BCUT2D eigenvalue weighted by Gasteiger charge is -2.24. The van der Waals surface area contributed by atoms with Crippen LogP contribution in [0.2, 0.25) is 0 Å². The van der Waals surface area contributed by atoms with Crippen LogP contribution >= 0.6 is 0 Å². The number of rotatable bonds is 4. The molecule has 2 aromatic rings. The molecule has 1 N–H and O–H groups in total. The van der Waals surface area contributed by atoms with Crippen LogP contribution in [0.1, 0.15) is 37.8 Å². The average molecular weight is 352 g/mol. The fourth-order valence-corrected chi connectivity index (χ4v) is 3.50. The van der Waals surface area contributed by atoms with Gasteiger partial charge in [-0.15, -0.1) is 0 Å². The summed E-state index contributed by atoms with van der Waals surface area (Å²) in [4.78, 5) is 14.7. The molecule has 1 saturated heterocycles. The highest BCUT2D eigenvalue weighted by Gasteiger charge is 2.35. The van der Waals surface area contributed by atoms with Gasteiger partial charge in [0.2, 0.25) is 0 Å². The molecule has 1 aliphatic rings.